The van der Waals surface area contributed by atoms with E-state index in [-0.39, 0.29) is 0 Å². The Morgan fingerprint density at radius 3 is 2.55 bits per heavy atom. The highest BCUT2D eigenvalue weighted by Crippen LogP contribution is 2.15. The molecule has 0 radical (unpaired) electrons. The highest BCUT2D eigenvalue weighted by molar-refractivity contribution is 5.28. The normalized spacial score (nSPS) is 12.2. The fraction of sp³-hybridized carbons (Fsp3) is 0.353. The molecule has 1 aromatic carbocycles. The van der Waals surface area contributed by atoms with Gasteiger partial charge in [0, 0.05) is 24.0 Å². The maximum Gasteiger partial charge on any atom is 0.119 e. The average Bonchev–Trinajstić information content (AvgIpc) is 2.46. The molecular formula is C17H22N2O. The SMILES string of the molecule is CNC(C)Cc1ccc(OCc2cncc(C)c2)cc1. The van der Waals surface area contributed by atoms with Crippen LogP contribution >= 0.6 is 0 Å². The number of rotatable bonds is 6. The summed E-state index contributed by atoms with van der Waals surface area (Å²) in [5, 5.41) is 3.24. The van der Waals surface area contributed by atoms with E-state index in [0.717, 1.165) is 23.3 Å². The van der Waals surface area contributed by atoms with Crippen molar-refractivity contribution >= 4 is 0 Å². The lowest BCUT2D eigenvalue weighted by molar-refractivity contribution is 0.305. The van der Waals surface area contributed by atoms with Crippen molar-refractivity contribution in [1.82, 2.24) is 10.3 Å². The summed E-state index contributed by atoms with van der Waals surface area (Å²) in [6, 6.07) is 10.9. The van der Waals surface area contributed by atoms with Gasteiger partial charge in [0.2, 0.25) is 0 Å². The van der Waals surface area contributed by atoms with Crippen LogP contribution in [0.1, 0.15) is 23.6 Å². The van der Waals surface area contributed by atoms with E-state index in [1.165, 1.54) is 5.56 Å². The Morgan fingerprint density at radius 2 is 1.90 bits per heavy atom. The first-order valence-corrected chi connectivity index (χ1v) is 6.97. The summed E-state index contributed by atoms with van der Waals surface area (Å²) in [7, 11) is 1.98. The molecule has 1 heterocycles. The van der Waals surface area contributed by atoms with Crippen molar-refractivity contribution in [1.29, 1.82) is 0 Å². The molecule has 0 aliphatic heterocycles. The number of nitrogens with zero attached hydrogens (tertiary/aromatic N) is 1. The van der Waals surface area contributed by atoms with Crippen LogP contribution in [0.25, 0.3) is 0 Å². The van der Waals surface area contributed by atoms with E-state index in [9.17, 15) is 0 Å². The topological polar surface area (TPSA) is 34.1 Å². The van der Waals surface area contributed by atoms with E-state index in [0.29, 0.717) is 12.6 Å². The van der Waals surface area contributed by atoms with E-state index in [1.54, 1.807) is 0 Å². The van der Waals surface area contributed by atoms with Crippen molar-refractivity contribution in [3.63, 3.8) is 0 Å². The third kappa shape index (κ3) is 4.35. The maximum absolute atomic E-state index is 5.78. The van der Waals surface area contributed by atoms with E-state index < -0.39 is 0 Å². The van der Waals surface area contributed by atoms with Crippen LogP contribution in [-0.2, 0) is 13.0 Å². The largest absolute Gasteiger partial charge is 0.489 e. The Morgan fingerprint density at radius 1 is 1.15 bits per heavy atom. The molecule has 3 nitrogen and oxygen atoms in total. The maximum atomic E-state index is 5.78. The first kappa shape index (κ1) is 14.5. The van der Waals surface area contributed by atoms with E-state index >= 15 is 0 Å². The molecule has 0 fully saturated rings. The molecule has 0 amide bonds. The van der Waals surface area contributed by atoms with Gasteiger partial charge in [-0.3, -0.25) is 4.98 Å². The third-order valence-electron chi connectivity index (χ3n) is 3.30. The molecule has 1 atom stereocenters. The minimum Gasteiger partial charge on any atom is -0.489 e. The minimum absolute atomic E-state index is 0.486. The van der Waals surface area contributed by atoms with Gasteiger partial charge in [0.25, 0.3) is 0 Å². The van der Waals surface area contributed by atoms with Gasteiger partial charge in [-0.15, -0.1) is 0 Å². The zero-order chi connectivity index (χ0) is 14.4. The Balaban J connectivity index is 1.90. The van der Waals surface area contributed by atoms with Crippen LogP contribution in [0.3, 0.4) is 0 Å². The molecule has 1 N–H and O–H groups in total. The van der Waals surface area contributed by atoms with Crippen molar-refractivity contribution in [2.24, 2.45) is 0 Å². The van der Waals surface area contributed by atoms with E-state index in [2.05, 4.69) is 35.4 Å². The average molecular weight is 270 g/mol. The predicted octanol–water partition coefficient (Wildman–Crippen LogP) is 3.12. The number of benzene rings is 1. The molecule has 2 aromatic rings. The Kier molecular flexibility index (Phi) is 5.13. The molecule has 0 saturated heterocycles. The van der Waals surface area contributed by atoms with Crippen LogP contribution in [0.15, 0.2) is 42.7 Å². The molecule has 1 aromatic heterocycles. The number of likely N-dealkylation sites (N-methyl/N-ethyl adjacent to an activating group) is 1. The van der Waals surface area contributed by atoms with Crippen LogP contribution in [0.2, 0.25) is 0 Å². The zero-order valence-corrected chi connectivity index (χ0v) is 12.4. The van der Waals surface area contributed by atoms with Crippen LogP contribution in [0.5, 0.6) is 5.75 Å². The summed E-state index contributed by atoms with van der Waals surface area (Å²) in [6.07, 6.45) is 4.72. The predicted molar refractivity (Wildman–Crippen MR) is 82.0 cm³/mol. The van der Waals surface area contributed by atoms with E-state index in [4.69, 9.17) is 4.74 Å². The summed E-state index contributed by atoms with van der Waals surface area (Å²) >= 11 is 0. The van der Waals surface area contributed by atoms with Gasteiger partial charge in [-0.25, -0.2) is 0 Å². The number of ether oxygens (including phenoxy) is 1. The Hall–Kier alpha value is -1.87. The van der Waals surface area contributed by atoms with Gasteiger partial charge in [0.1, 0.15) is 12.4 Å². The minimum atomic E-state index is 0.486. The van der Waals surface area contributed by atoms with Gasteiger partial charge < -0.3 is 10.1 Å². The lowest BCUT2D eigenvalue weighted by Crippen LogP contribution is -2.23. The third-order valence-corrected chi connectivity index (χ3v) is 3.30. The first-order chi connectivity index (χ1) is 9.67. The molecule has 3 heteroatoms. The second-order valence-corrected chi connectivity index (χ2v) is 5.20. The van der Waals surface area contributed by atoms with Crippen LogP contribution in [-0.4, -0.2) is 18.1 Å². The number of aromatic nitrogens is 1. The molecule has 20 heavy (non-hydrogen) atoms. The number of nitrogens with one attached hydrogen (secondary N) is 1. The molecule has 0 aliphatic rings. The van der Waals surface area contributed by atoms with Crippen LogP contribution in [0, 0.1) is 6.92 Å². The van der Waals surface area contributed by atoms with Gasteiger partial charge in [-0.1, -0.05) is 12.1 Å². The lowest BCUT2D eigenvalue weighted by atomic mass is 10.1. The van der Waals surface area contributed by atoms with Crippen molar-refractivity contribution in [2.45, 2.75) is 32.9 Å². The summed E-state index contributed by atoms with van der Waals surface area (Å²) in [4.78, 5) is 4.17. The smallest absolute Gasteiger partial charge is 0.119 e. The highest BCUT2D eigenvalue weighted by Gasteiger charge is 2.01. The van der Waals surface area contributed by atoms with Crippen molar-refractivity contribution in [3.8, 4) is 5.75 Å². The molecule has 1 unspecified atom stereocenters. The van der Waals surface area contributed by atoms with E-state index in [1.807, 2.05) is 38.5 Å². The van der Waals surface area contributed by atoms with Crippen molar-refractivity contribution < 1.29 is 4.74 Å². The van der Waals surface area contributed by atoms with Gasteiger partial charge >= 0.3 is 0 Å². The number of hydrogen-bond acceptors (Lipinski definition) is 3. The molecular weight excluding hydrogens is 248 g/mol. The number of pyridine rings is 1. The zero-order valence-electron chi connectivity index (χ0n) is 12.4. The standard InChI is InChI=1S/C17H22N2O/c1-13-8-16(11-19-10-13)12-20-17-6-4-15(5-7-17)9-14(2)18-3/h4-8,10-11,14,18H,9,12H2,1-3H3. The van der Waals surface area contributed by atoms with Gasteiger partial charge in [-0.05, 0) is 56.6 Å². The number of hydrogen-bond donors (Lipinski definition) is 1. The van der Waals surface area contributed by atoms with Crippen molar-refractivity contribution in [3.05, 3.63) is 59.4 Å². The molecule has 0 saturated carbocycles. The fourth-order valence-electron chi connectivity index (χ4n) is 2.04. The molecule has 2 rings (SSSR count). The highest BCUT2D eigenvalue weighted by atomic mass is 16.5. The molecule has 106 valence electrons. The van der Waals surface area contributed by atoms with Crippen molar-refractivity contribution in [2.75, 3.05) is 7.05 Å². The Labute approximate surface area is 121 Å². The van der Waals surface area contributed by atoms with Crippen LogP contribution < -0.4 is 10.1 Å². The second kappa shape index (κ2) is 7.06. The van der Waals surface area contributed by atoms with Gasteiger partial charge in [-0.2, -0.15) is 0 Å². The molecule has 0 bridgehead atoms. The summed E-state index contributed by atoms with van der Waals surface area (Å²) in [5.41, 5.74) is 3.57. The second-order valence-electron chi connectivity index (χ2n) is 5.20. The molecule has 0 spiro atoms. The van der Waals surface area contributed by atoms with Gasteiger partial charge in [0.15, 0.2) is 0 Å². The summed E-state index contributed by atoms with van der Waals surface area (Å²) in [5.74, 6) is 0.896. The summed E-state index contributed by atoms with van der Waals surface area (Å²) < 4.78 is 5.78. The van der Waals surface area contributed by atoms with Crippen LogP contribution in [0.4, 0.5) is 0 Å². The Bertz CT molecular complexity index is 537. The molecule has 0 aliphatic carbocycles. The first-order valence-electron chi connectivity index (χ1n) is 6.97. The summed E-state index contributed by atoms with van der Waals surface area (Å²) in [6.45, 7) is 4.77. The van der Waals surface area contributed by atoms with Gasteiger partial charge in [0.05, 0.1) is 0 Å². The monoisotopic (exact) mass is 270 g/mol. The quantitative estimate of drug-likeness (QED) is 0.875. The lowest BCUT2D eigenvalue weighted by Gasteiger charge is -2.11. The number of aryl methyl sites for hydroxylation is 1. The fourth-order valence-corrected chi connectivity index (χ4v) is 2.04.